The molecule has 0 saturated heterocycles. The second-order valence-electron chi connectivity index (χ2n) is 4.09. The summed E-state index contributed by atoms with van der Waals surface area (Å²) in [7, 11) is 0. The minimum atomic E-state index is 0.700. The number of rotatable bonds is 2. The fraction of sp³-hybridized carbons (Fsp3) is 0.143. The molecule has 0 atom stereocenters. The Morgan fingerprint density at radius 2 is 1.76 bits per heavy atom. The van der Waals surface area contributed by atoms with Crippen LogP contribution in [0.2, 0.25) is 5.02 Å². The van der Waals surface area contributed by atoms with E-state index in [9.17, 15) is 0 Å². The molecule has 0 heterocycles. The molecule has 2 aromatic carbocycles. The van der Waals surface area contributed by atoms with Gasteiger partial charge in [0.25, 0.3) is 0 Å². The molecule has 88 valence electrons. The summed E-state index contributed by atoms with van der Waals surface area (Å²) in [4.78, 5) is 0. The Balaban J connectivity index is 2.28. The number of halogens is 1. The Labute approximate surface area is 106 Å². The average Bonchev–Trinajstić information content (AvgIpc) is 2.22. The third-order valence-corrected chi connectivity index (χ3v) is 2.86. The molecule has 0 aliphatic carbocycles. The summed E-state index contributed by atoms with van der Waals surface area (Å²) in [5, 5.41) is 0.737. The van der Waals surface area contributed by atoms with E-state index in [4.69, 9.17) is 22.1 Å². The van der Waals surface area contributed by atoms with Crippen LogP contribution in [0.5, 0.6) is 11.5 Å². The molecule has 0 unspecified atom stereocenters. The highest BCUT2D eigenvalue weighted by molar-refractivity contribution is 6.31. The Bertz CT molecular complexity index is 532. The van der Waals surface area contributed by atoms with Crippen LogP contribution < -0.4 is 10.5 Å². The van der Waals surface area contributed by atoms with Gasteiger partial charge in [0.1, 0.15) is 11.5 Å². The first-order chi connectivity index (χ1) is 8.04. The highest BCUT2D eigenvalue weighted by atomic mass is 35.5. The summed E-state index contributed by atoms with van der Waals surface area (Å²) in [6.07, 6.45) is 0. The van der Waals surface area contributed by atoms with E-state index in [-0.39, 0.29) is 0 Å². The molecular formula is C14H14ClNO. The molecular weight excluding hydrogens is 234 g/mol. The normalized spacial score (nSPS) is 10.3. The zero-order valence-corrected chi connectivity index (χ0v) is 10.6. The Kier molecular flexibility index (Phi) is 3.25. The molecule has 0 fully saturated rings. The van der Waals surface area contributed by atoms with Crippen molar-refractivity contribution >= 4 is 17.3 Å². The van der Waals surface area contributed by atoms with Gasteiger partial charge in [0, 0.05) is 16.8 Å². The first kappa shape index (κ1) is 11.8. The Morgan fingerprint density at radius 1 is 1.00 bits per heavy atom. The van der Waals surface area contributed by atoms with E-state index >= 15 is 0 Å². The van der Waals surface area contributed by atoms with Crippen LogP contribution in [-0.4, -0.2) is 0 Å². The van der Waals surface area contributed by atoms with Gasteiger partial charge in [0.2, 0.25) is 0 Å². The second-order valence-corrected chi connectivity index (χ2v) is 4.50. The highest BCUT2D eigenvalue weighted by Crippen LogP contribution is 2.27. The second kappa shape index (κ2) is 4.68. The molecule has 0 aromatic heterocycles. The van der Waals surface area contributed by atoms with Crippen LogP contribution in [0.25, 0.3) is 0 Å². The van der Waals surface area contributed by atoms with Gasteiger partial charge in [-0.3, -0.25) is 0 Å². The van der Waals surface area contributed by atoms with Crippen LogP contribution in [0.3, 0.4) is 0 Å². The van der Waals surface area contributed by atoms with Gasteiger partial charge in [-0.05, 0) is 55.3 Å². The largest absolute Gasteiger partial charge is 0.457 e. The molecule has 0 bridgehead atoms. The standard InChI is InChI=1S/C14H14ClNO/c1-9-5-11(16)8-13(6-9)17-12-3-4-14(15)10(2)7-12/h3-8H,16H2,1-2H3. The minimum absolute atomic E-state index is 0.700. The van der Waals surface area contributed by atoms with E-state index in [0.29, 0.717) is 5.69 Å². The SMILES string of the molecule is Cc1cc(N)cc(Oc2ccc(Cl)c(C)c2)c1. The quantitative estimate of drug-likeness (QED) is 0.802. The zero-order chi connectivity index (χ0) is 12.4. The van der Waals surface area contributed by atoms with E-state index in [0.717, 1.165) is 27.6 Å². The predicted octanol–water partition coefficient (Wildman–Crippen LogP) is 4.33. The number of hydrogen-bond donors (Lipinski definition) is 1. The van der Waals surface area contributed by atoms with Crippen molar-refractivity contribution in [3.05, 3.63) is 52.5 Å². The number of ether oxygens (including phenoxy) is 1. The van der Waals surface area contributed by atoms with Crippen molar-refractivity contribution in [3.8, 4) is 11.5 Å². The maximum atomic E-state index is 5.96. The topological polar surface area (TPSA) is 35.2 Å². The predicted molar refractivity (Wildman–Crippen MR) is 71.9 cm³/mol. The Morgan fingerprint density at radius 3 is 2.41 bits per heavy atom. The number of anilines is 1. The van der Waals surface area contributed by atoms with Crippen molar-refractivity contribution in [2.75, 3.05) is 5.73 Å². The van der Waals surface area contributed by atoms with Gasteiger partial charge in [0.15, 0.2) is 0 Å². The number of hydrogen-bond acceptors (Lipinski definition) is 2. The maximum absolute atomic E-state index is 5.96. The lowest BCUT2D eigenvalue weighted by Gasteiger charge is -2.09. The average molecular weight is 248 g/mol. The molecule has 2 aromatic rings. The number of aryl methyl sites for hydroxylation is 2. The third kappa shape index (κ3) is 2.92. The van der Waals surface area contributed by atoms with Crippen LogP contribution >= 0.6 is 11.6 Å². The molecule has 0 saturated carbocycles. The van der Waals surface area contributed by atoms with Crippen LogP contribution in [-0.2, 0) is 0 Å². The van der Waals surface area contributed by atoms with Gasteiger partial charge in [-0.1, -0.05) is 11.6 Å². The Hall–Kier alpha value is -1.67. The molecule has 2 nitrogen and oxygen atoms in total. The molecule has 0 radical (unpaired) electrons. The van der Waals surface area contributed by atoms with Gasteiger partial charge < -0.3 is 10.5 Å². The smallest absolute Gasteiger partial charge is 0.129 e. The van der Waals surface area contributed by atoms with E-state index in [1.165, 1.54) is 0 Å². The van der Waals surface area contributed by atoms with E-state index in [1.54, 1.807) is 6.07 Å². The van der Waals surface area contributed by atoms with E-state index in [1.807, 2.05) is 44.2 Å². The molecule has 3 heteroatoms. The third-order valence-electron chi connectivity index (χ3n) is 2.44. The fourth-order valence-electron chi connectivity index (χ4n) is 1.65. The van der Waals surface area contributed by atoms with E-state index < -0.39 is 0 Å². The molecule has 17 heavy (non-hydrogen) atoms. The highest BCUT2D eigenvalue weighted by Gasteiger charge is 2.02. The zero-order valence-electron chi connectivity index (χ0n) is 9.83. The summed E-state index contributed by atoms with van der Waals surface area (Å²) < 4.78 is 5.74. The van der Waals surface area contributed by atoms with Gasteiger partial charge in [-0.15, -0.1) is 0 Å². The first-order valence-electron chi connectivity index (χ1n) is 5.36. The van der Waals surface area contributed by atoms with Crippen molar-refractivity contribution in [2.24, 2.45) is 0 Å². The number of nitrogen functional groups attached to an aromatic ring is 1. The molecule has 0 amide bonds. The molecule has 2 N–H and O–H groups in total. The van der Waals surface area contributed by atoms with Crippen molar-refractivity contribution in [2.45, 2.75) is 13.8 Å². The van der Waals surface area contributed by atoms with Gasteiger partial charge in [-0.2, -0.15) is 0 Å². The van der Waals surface area contributed by atoms with Crippen molar-refractivity contribution in [3.63, 3.8) is 0 Å². The van der Waals surface area contributed by atoms with Crippen LogP contribution in [0.4, 0.5) is 5.69 Å². The monoisotopic (exact) mass is 247 g/mol. The molecule has 0 aliphatic rings. The maximum Gasteiger partial charge on any atom is 0.129 e. The lowest BCUT2D eigenvalue weighted by atomic mass is 10.2. The lowest BCUT2D eigenvalue weighted by molar-refractivity contribution is 0.482. The van der Waals surface area contributed by atoms with E-state index in [2.05, 4.69) is 0 Å². The van der Waals surface area contributed by atoms with Crippen LogP contribution in [0.1, 0.15) is 11.1 Å². The van der Waals surface area contributed by atoms with Crippen LogP contribution in [0.15, 0.2) is 36.4 Å². The van der Waals surface area contributed by atoms with Crippen molar-refractivity contribution in [1.82, 2.24) is 0 Å². The molecule has 0 spiro atoms. The summed E-state index contributed by atoms with van der Waals surface area (Å²) in [6.45, 7) is 3.93. The molecule has 2 rings (SSSR count). The van der Waals surface area contributed by atoms with Crippen molar-refractivity contribution in [1.29, 1.82) is 0 Å². The summed E-state index contributed by atoms with van der Waals surface area (Å²) in [5.41, 5.74) is 8.53. The fourth-order valence-corrected chi connectivity index (χ4v) is 1.77. The summed E-state index contributed by atoms with van der Waals surface area (Å²) >= 11 is 5.96. The number of nitrogens with two attached hydrogens (primary N) is 1. The summed E-state index contributed by atoms with van der Waals surface area (Å²) in [5.74, 6) is 1.50. The van der Waals surface area contributed by atoms with Gasteiger partial charge in [-0.25, -0.2) is 0 Å². The summed E-state index contributed by atoms with van der Waals surface area (Å²) in [6, 6.07) is 11.2. The minimum Gasteiger partial charge on any atom is -0.457 e. The van der Waals surface area contributed by atoms with Gasteiger partial charge in [0.05, 0.1) is 0 Å². The lowest BCUT2D eigenvalue weighted by Crippen LogP contribution is -1.90. The first-order valence-corrected chi connectivity index (χ1v) is 5.73. The number of benzene rings is 2. The van der Waals surface area contributed by atoms with Crippen LogP contribution in [0, 0.1) is 13.8 Å². The molecule has 0 aliphatic heterocycles. The van der Waals surface area contributed by atoms with Gasteiger partial charge >= 0.3 is 0 Å². The van der Waals surface area contributed by atoms with Crippen molar-refractivity contribution < 1.29 is 4.74 Å².